The van der Waals surface area contributed by atoms with Gasteiger partial charge in [0.25, 0.3) is 0 Å². The van der Waals surface area contributed by atoms with Gasteiger partial charge in [0.05, 0.1) is 0 Å². The molecule has 3 aromatic rings. The number of halogens is 1. The third-order valence-electron chi connectivity index (χ3n) is 2.63. The lowest BCUT2D eigenvalue weighted by Crippen LogP contribution is -1.91. The second-order valence-corrected chi connectivity index (χ2v) is 4.50. The first-order valence-electron chi connectivity index (χ1n) is 5.37. The van der Waals surface area contributed by atoms with Gasteiger partial charge in [0.15, 0.2) is 11.5 Å². The van der Waals surface area contributed by atoms with E-state index >= 15 is 0 Å². The van der Waals surface area contributed by atoms with Gasteiger partial charge in [-0.2, -0.15) is 0 Å². The minimum absolute atomic E-state index is 0.387. The van der Waals surface area contributed by atoms with E-state index in [0.29, 0.717) is 27.8 Å². The van der Waals surface area contributed by atoms with Crippen LogP contribution in [0.15, 0.2) is 24.5 Å². The molecule has 2 heterocycles. The standard InChI is InChI=1S/C12H10ClN5/c1-6-2-7(4-8(13)3-6)11-17-9-10(14)15-5-16-12(9)18-11/h2-5H,1H3,(H3,14,15,16,17,18). The van der Waals surface area contributed by atoms with Crippen molar-refractivity contribution in [3.8, 4) is 11.4 Å². The van der Waals surface area contributed by atoms with Crippen LogP contribution >= 0.6 is 11.6 Å². The summed E-state index contributed by atoms with van der Waals surface area (Å²) in [5, 5.41) is 0.671. The van der Waals surface area contributed by atoms with Gasteiger partial charge in [-0.1, -0.05) is 11.6 Å². The Balaban J connectivity index is 2.22. The maximum atomic E-state index is 6.04. The van der Waals surface area contributed by atoms with Crippen LogP contribution in [0, 0.1) is 6.92 Å². The Morgan fingerprint density at radius 3 is 2.78 bits per heavy atom. The van der Waals surface area contributed by atoms with Crippen molar-refractivity contribution in [1.82, 2.24) is 19.9 Å². The SMILES string of the molecule is Cc1cc(Cl)cc(-c2nc3ncnc(N)c3[nH]2)c1. The highest BCUT2D eigenvalue weighted by atomic mass is 35.5. The Hall–Kier alpha value is -2.14. The van der Waals surface area contributed by atoms with Gasteiger partial charge in [-0.25, -0.2) is 15.0 Å². The third-order valence-corrected chi connectivity index (χ3v) is 2.85. The second-order valence-electron chi connectivity index (χ2n) is 4.06. The molecular weight excluding hydrogens is 250 g/mol. The zero-order valence-electron chi connectivity index (χ0n) is 9.61. The van der Waals surface area contributed by atoms with Crippen LogP contribution in [-0.4, -0.2) is 19.9 Å². The van der Waals surface area contributed by atoms with Crippen molar-refractivity contribution in [2.75, 3.05) is 5.73 Å². The summed E-state index contributed by atoms with van der Waals surface area (Å²) in [7, 11) is 0. The van der Waals surface area contributed by atoms with E-state index in [9.17, 15) is 0 Å². The summed E-state index contributed by atoms with van der Waals surface area (Å²) in [6.45, 7) is 1.98. The lowest BCUT2D eigenvalue weighted by atomic mass is 10.1. The molecule has 0 saturated heterocycles. The molecule has 6 heteroatoms. The highest BCUT2D eigenvalue weighted by molar-refractivity contribution is 6.30. The predicted molar refractivity (Wildman–Crippen MR) is 71.3 cm³/mol. The monoisotopic (exact) mass is 259 g/mol. The molecule has 0 aliphatic carbocycles. The Bertz CT molecular complexity index is 714. The number of rotatable bonds is 1. The number of benzene rings is 1. The number of imidazole rings is 1. The largest absolute Gasteiger partial charge is 0.382 e. The first kappa shape index (κ1) is 11.0. The number of anilines is 1. The zero-order chi connectivity index (χ0) is 12.7. The molecule has 0 radical (unpaired) electrons. The van der Waals surface area contributed by atoms with E-state index in [0.717, 1.165) is 11.1 Å². The fourth-order valence-corrected chi connectivity index (χ4v) is 2.15. The van der Waals surface area contributed by atoms with Crippen LogP contribution in [0.25, 0.3) is 22.6 Å². The van der Waals surface area contributed by atoms with E-state index in [1.807, 2.05) is 25.1 Å². The number of nitrogen functional groups attached to an aromatic ring is 1. The quantitative estimate of drug-likeness (QED) is 0.704. The van der Waals surface area contributed by atoms with Crippen molar-refractivity contribution >= 4 is 28.6 Å². The number of nitrogens with zero attached hydrogens (tertiary/aromatic N) is 3. The molecule has 5 nitrogen and oxygen atoms in total. The van der Waals surface area contributed by atoms with Crippen molar-refractivity contribution in [3.05, 3.63) is 35.1 Å². The molecule has 0 unspecified atom stereocenters. The van der Waals surface area contributed by atoms with Gasteiger partial charge < -0.3 is 10.7 Å². The second kappa shape index (κ2) is 3.96. The molecular formula is C12H10ClN5. The number of fused-ring (bicyclic) bond motifs is 1. The van der Waals surface area contributed by atoms with Gasteiger partial charge in [-0.3, -0.25) is 0 Å². The summed E-state index contributed by atoms with van der Waals surface area (Å²) in [5.41, 5.74) is 8.92. The maximum Gasteiger partial charge on any atom is 0.183 e. The molecule has 3 N–H and O–H groups in total. The van der Waals surface area contributed by atoms with Crippen LogP contribution in [0.4, 0.5) is 5.82 Å². The summed E-state index contributed by atoms with van der Waals surface area (Å²) < 4.78 is 0. The van der Waals surface area contributed by atoms with Crippen molar-refractivity contribution in [2.24, 2.45) is 0 Å². The first-order chi connectivity index (χ1) is 8.63. The predicted octanol–water partition coefficient (Wildman–Crippen LogP) is 2.56. The van der Waals surface area contributed by atoms with E-state index in [1.54, 1.807) is 0 Å². The van der Waals surface area contributed by atoms with Gasteiger partial charge in [-0.15, -0.1) is 0 Å². The number of hydrogen-bond acceptors (Lipinski definition) is 4. The Kier molecular flexibility index (Phi) is 2.41. The molecule has 0 bridgehead atoms. The molecule has 2 aromatic heterocycles. The van der Waals surface area contributed by atoms with Crippen LogP contribution in [0.5, 0.6) is 0 Å². The van der Waals surface area contributed by atoms with E-state index < -0.39 is 0 Å². The summed E-state index contributed by atoms with van der Waals surface area (Å²) in [5.74, 6) is 1.07. The third kappa shape index (κ3) is 1.78. The molecule has 3 rings (SSSR count). The van der Waals surface area contributed by atoms with Gasteiger partial charge in [0, 0.05) is 10.6 Å². The molecule has 1 aromatic carbocycles. The average molecular weight is 260 g/mol. The fourth-order valence-electron chi connectivity index (χ4n) is 1.86. The number of nitrogens with two attached hydrogens (primary N) is 1. The van der Waals surface area contributed by atoms with Crippen molar-refractivity contribution < 1.29 is 0 Å². The van der Waals surface area contributed by atoms with E-state index in [-0.39, 0.29) is 0 Å². The number of aromatic nitrogens is 4. The van der Waals surface area contributed by atoms with Crippen molar-refractivity contribution in [1.29, 1.82) is 0 Å². The van der Waals surface area contributed by atoms with Gasteiger partial charge in [-0.05, 0) is 30.7 Å². The molecule has 0 saturated carbocycles. The highest BCUT2D eigenvalue weighted by Gasteiger charge is 2.09. The van der Waals surface area contributed by atoms with Gasteiger partial charge >= 0.3 is 0 Å². The molecule has 90 valence electrons. The fraction of sp³-hybridized carbons (Fsp3) is 0.0833. The maximum absolute atomic E-state index is 6.04. The van der Waals surface area contributed by atoms with Crippen LogP contribution < -0.4 is 5.73 Å². The number of H-pyrrole nitrogens is 1. The summed E-state index contributed by atoms with van der Waals surface area (Å²) in [4.78, 5) is 15.5. The number of aryl methyl sites for hydroxylation is 1. The minimum Gasteiger partial charge on any atom is -0.382 e. The van der Waals surface area contributed by atoms with Crippen LogP contribution in [-0.2, 0) is 0 Å². The lowest BCUT2D eigenvalue weighted by Gasteiger charge is -2.00. The van der Waals surface area contributed by atoms with Crippen molar-refractivity contribution in [2.45, 2.75) is 6.92 Å². The van der Waals surface area contributed by atoms with Crippen LogP contribution in [0.2, 0.25) is 5.02 Å². The van der Waals surface area contributed by atoms with Crippen LogP contribution in [0.3, 0.4) is 0 Å². The normalized spacial score (nSPS) is 11.0. The summed E-state index contributed by atoms with van der Waals surface area (Å²) in [6.07, 6.45) is 1.39. The molecule has 18 heavy (non-hydrogen) atoms. The Morgan fingerprint density at radius 2 is 2.06 bits per heavy atom. The topological polar surface area (TPSA) is 80.5 Å². The van der Waals surface area contributed by atoms with Crippen LogP contribution in [0.1, 0.15) is 5.56 Å². The summed E-state index contributed by atoms with van der Waals surface area (Å²) in [6, 6.07) is 5.73. The molecule has 0 aliphatic rings. The number of aromatic amines is 1. The zero-order valence-corrected chi connectivity index (χ0v) is 10.4. The number of nitrogens with one attached hydrogen (secondary N) is 1. The van der Waals surface area contributed by atoms with Crippen molar-refractivity contribution in [3.63, 3.8) is 0 Å². The van der Waals surface area contributed by atoms with Gasteiger partial charge in [0.2, 0.25) is 0 Å². The Labute approximate surface area is 108 Å². The lowest BCUT2D eigenvalue weighted by molar-refractivity contribution is 1.21. The van der Waals surface area contributed by atoms with E-state index in [1.165, 1.54) is 6.33 Å². The number of hydrogen-bond donors (Lipinski definition) is 2. The summed E-state index contributed by atoms with van der Waals surface area (Å²) >= 11 is 6.04. The molecule has 0 spiro atoms. The Morgan fingerprint density at radius 1 is 1.22 bits per heavy atom. The average Bonchev–Trinajstić information content (AvgIpc) is 2.73. The van der Waals surface area contributed by atoms with Gasteiger partial charge in [0.1, 0.15) is 17.7 Å². The smallest absolute Gasteiger partial charge is 0.183 e. The first-order valence-corrected chi connectivity index (χ1v) is 5.75. The van der Waals surface area contributed by atoms with E-state index in [4.69, 9.17) is 17.3 Å². The molecule has 0 atom stereocenters. The highest BCUT2D eigenvalue weighted by Crippen LogP contribution is 2.25. The molecule has 0 amide bonds. The molecule has 0 aliphatic heterocycles. The molecule has 0 fully saturated rings. The van der Waals surface area contributed by atoms with E-state index in [2.05, 4.69) is 19.9 Å². The minimum atomic E-state index is 0.387.